The topological polar surface area (TPSA) is 147 Å². The van der Waals surface area contributed by atoms with Gasteiger partial charge in [0.2, 0.25) is 0 Å². The summed E-state index contributed by atoms with van der Waals surface area (Å²) < 4.78 is 20.4. The fraction of sp³-hybridized carbons (Fsp3) is 0.368. The number of carbonyl (C=O) groups excluding carboxylic acids is 3. The van der Waals surface area contributed by atoms with Crippen LogP contribution in [0.5, 0.6) is 18.0 Å². The van der Waals surface area contributed by atoms with Gasteiger partial charge < -0.3 is 24.1 Å². The highest BCUT2D eigenvalue weighted by Gasteiger charge is 2.20. The van der Waals surface area contributed by atoms with Crippen molar-refractivity contribution in [2.45, 2.75) is 33.6 Å². The van der Waals surface area contributed by atoms with Gasteiger partial charge in [-0.15, -0.1) is 15.0 Å². The van der Waals surface area contributed by atoms with Crippen molar-refractivity contribution in [3.63, 3.8) is 0 Å². The third kappa shape index (κ3) is 6.78. The second kappa shape index (κ2) is 10.8. The van der Waals surface area contributed by atoms with Crippen LogP contribution in [0, 0.1) is 0 Å². The molecule has 0 spiro atoms. The first-order valence-corrected chi connectivity index (χ1v) is 8.95. The number of carbonyl (C=O) groups is 3. The van der Waals surface area contributed by atoms with E-state index in [0.29, 0.717) is 6.42 Å². The van der Waals surface area contributed by atoms with Gasteiger partial charge in [0.1, 0.15) is 0 Å². The maximum absolute atomic E-state index is 12.2. The average Bonchev–Trinajstić information content (AvgIpc) is 2.70. The van der Waals surface area contributed by atoms with Crippen LogP contribution < -0.4 is 14.2 Å². The number of aliphatic hydroxyl groups excluding tert-OH is 1. The monoisotopic (exact) mass is 419 g/mol. The Labute approximate surface area is 172 Å². The predicted molar refractivity (Wildman–Crippen MR) is 100 cm³/mol. The summed E-state index contributed by atoms with van der Waals surface area (Å²) in [7, 11) is 0. The molecule has 1 N–H and O–H groups in total. The van der Waals surface area contributed by atoms with E-state index in [4.69, 9.17) is 24.1 Å². The number of hydrogen-bond donors (Lipinski definition) is 1. The maximum atomic E-state index is 12.2. The molecule has 0 radical (unpaired) electrons. The summed E-state index contributed by atoms with van der Waals surface area (Å²) in [6.07, 6.45) is 4.92. The zero-order valence-corrected chi connectivity index (χ0v) is 16.7. The maximum Gasteiger partial charge on any atom is 0.344 e. The van der Waals surface area contributed by atoms with Crippen LogP contribution in [0.25, 0.3) is 0 Å². The molecule has 1 aliphatic heterocycles. The first-order valence-electron chi connectivity index (χ1n) is 8.95. The molecule has 0 unspecified atom stereocenters. The summed E-state index contributed by atoms with van der Waals surface area (Å²) in [5.74, 6) is -2.38. The molecule has 2 heterocycles. The lowest BCUT2D eigenvalue weighted by Gasteiger charge is -2.09. The largest absolute Gasteiger partial charge is 0.500 e. The lowest BCUT2D eigenvalue weighted by Crippen LogP contribution is -2.18. The summed E-state index contributed by atoms with van der Waals surface area (Å²) in [5, 5.41) is 8.83. The van der Waals surface area contributed by atoms with E-state index in [0.717, 1.165) is 0 Å². The minimum absolute atomic E-state index is 0.132. The zero-order chi connectivity index (χ0) is 22.1. The summed E-state index contributed by atoms with van der Waals surface area (Å²) in [4.78, 5) is 47.7. The molecule has 1 aromatic heterocycles. The lowest BCUT2D eigenvalue weighted by atomic mass is 10.2. The zero-order valence-electron chi connectivity index (χ0n) is 16.7. The fourth-order valence-corrected chi connectivity index (χ4v) is 1.97. The van der Waals surface area contributed by atoms with Crippen LogP contribution in [0.15, 0.2) is 35.1 Å². The minimum Gasteiger partial charge on any atom is -0.500 e. The molecule has 0 aromatic carbocycles. The lowest BCUT2D eigenvalue weighted by molar-refractivity contribution is -0.130. The van der Waals surface area contributed by atoms with Crippen LogP contribution in [-0.4, -0.2) is 51.2 Å². The van der Waals surface area contributed by atoms with Gasteiger partial charge in [0.15, 0.2) is 0 Å². The van der Waals surface area contributed by atoms with E-state index >= 15 is 0 Å². The molecule has 0 atom stereocenters. The van der Waals surface area contributed by atoms with Crippen molar-refractivity contribution < 1.29 is 38.4 Å². The van der Waals surface area contributed by atoms with Crippen LogP contribution in [0.2, 0.25) is 0 Å². The number of fused-ring (bicyclic) bond motifs is 2. The van der Waals surface area contributed by atoms with Gasteiger partial charge >= 0.3 is 35.9 Å². The summed E-state index contributed by atoms with van der Waals surface area (Å²) in [6.45, 7) is 4.57. The number of aliphatic hydroxyl groups is 1. The Hall–Kier alpha value is -3.60. The molecular weight excluding hydrogens is 398 g/mol. The van der Waals surface area contributed by atoms with Gasteiger partial charge in [-0.3, -0.25) is 0 Å². The number of nitrogens with zero attached hydrogens (tertiary/aromatic N) is 3. The molecule has 0 aliphatic carbocycles. The van der Waals surface area contributed by atoms with Crippen LogP contribution in [-0.2, 0) is 19.1 Å². The average molecular weight is 419 g/mol. The van der Waals surface area contributed by atoms with E-state index in [-0.39, 0.29) is 36.4 Å². The van der Waals surface area contributed by atoms with Gasteiger partial charge in [-0.05, 0) is 27.2 Å². The molecule has 11 heteroatoms. The first-order chi connectivity index (χ1) is 14.3. The SMILES string of the molecule is CC(=CCCO)C(=O)Oc1nc2nc(n1)OC(=O)C(C)=COCCC=C(C)C(=O)O2. The third-order valence-corrected chi connectivity index (χ3v) is 3.62. The summed E-state index contributed by atoms with van der Waals surface area (Å²) >= 11 is 0. The minimum atomic E-state index is -0.821. The summed E-state index contributed by atoms with van der Waals surface area (Å²) in [6, 6.07) is -1.59. The van der Waals surface area contributed by atoms with Gasteiger partial charge in [0, 0.05) is 24.2 Å². The van der Waals surface area contributed by atoms with Crippen molar-refractivity contribution in [3.8, 4) is 18.0 Å². The van der Waals surface area contributed by atoms with Crippen molar-refractivity contribution >= 4 is 17.9 Å². The molecule has 0 fully saturated rings. The number of esters is 3. The number of ether oxygens (including phenoxy) is 4. The van der Waals surface area contributed by atoms with Crippen molar-refractivity contribution in [3.05, 3.63) is 35.1 Å². The molecule has 2 bridgehead atoms. The molecule has 1 aliphatic rings. The van der Waals surface area contributed by atoms with Crippen molar-refractivity contribution in [2.24, 2.45) is 0 Å². The molecule has 2 rings (SSSR count). The second-order valence-electron chi connectivity index (χ2n) is 6.10. The van der Waals surface area contributed by atoms with Crippen molar-refractivity contribution in [1.82, 2.24) is 15.0 Å². The Morgan fingerprint density at radius 1 is 1.13 bits per heavy atom. The van der Waals surface area contributed by atoms with Gasteiger partial charge in [-0.25, -0.2) is 14.4 Å². The van der Waals surface area contributed by atoms with Gasteiger partial charge in [-0.2, -0.15) is 0 Å². The van der Waals surface area contributed by atoms with E-state index < -0.39 is 35.9 Å². The van der Waals surface area contributed by atoms with Gasteiger partial charge in [0.25, 0.3) is 0 Å². The fourth-order valence-electron chi connectivity index (χ4n) is 1.97. The van der Waals surface area contributed by atoms with E-state index in [1.165, 1.54) is 33.1 Å². The van der Waals surface area contributed by atoms with Crippen LogP contribution in [0.3, 0.4) is 0 Å². The first kappa shape index (κ1) is 22.7. The molecule has 160 valence electrons. The Morgan fingerprint density at radius 3 is 2.40 bits per heavy atom. The predicted octanol–water partition coefficient (Wildman–Crippen LogP) is 1.19. The Balaban J connectivity index is 2.37. The molecule has 0 saturated carbocycles. The van der Waals surface area contributed by atoms with Gasteiger partial charge in [0.05, 0.1) is 18.4 Å². The highest BCUT2D eigenvalue weighted by Crippen LogP contribution is 2.18. The number of aromatic nitrogens is 3. The Bertz CT molecular complexity index is 868. The standard InChI is InChI=1S/C19H21N3O8/c1-11(6-4-8-23)14(24)28-17-20-18-22-19(21-17)30-16(26)13(3)10-27-9-5-7-12(2)15(25)29-18/h6-7,10,23H,4-5,8-9H2,1-3H3. The quantitative estimate of drug-likeness (QED) is 0.554. The third-order valence-electron chi connectivity index (χ3n) is 3.62. The Morgan fingerprint density at radius 2 is 1.77 bits per heavy atom. The molecule has 0 amide bonds. The molecule has 30 heavy (non-hydrogen) atoms. The van der Waals surface area contributed by atoms with Crippen molar-refractivity contribution in [1.29, 1.82) is 0 Å². The molecular formula is C19H21N3O8. The second-order valence-corrected chi connectivity index (χ2v) is 6.10. The van der Waals surface area contributed by atoms with E-state index in [9.17, 15) is 14.4 Å². The van der Waals surface area contributed by atoms with E-state index in [2.05, 4.69) is 15.0 Å². The highest BCUT2D eigenvalue weighted by molar-refractivity contribution is 5.90. The van der Waals surface area contributed by atoms with Crippen LogP contribution in [0.1, 0.15) is 33.6 Å². The van der Waals surface area contributed by atoms with Crippen LogP contribution >= 0.6 is 0 Å². The number of rotatable bonds is 4. The highest BCUT2D eigenvalue weighted by atomic mass is 16.6. The normalized spacial score (nSPS) is 15.7. The molecule has 0 saturated heterocycles. The van der Waals surface area contributed by atoms with E-state index in [1.807, 2.05) is 0 Å². The smallest absolute Gasteiger partial charge is 0.344 e. The summed E-state index contributed by atoms with van der Waals surface area (Å²) in [5.41, 5.74) is 0.600. The Kier molecular flexibility index (Phi) is 8.18. The van der Waals surface area contributed by atoms with Gasteiger partial charge in [-0.1, -0.05) is 12.2 Å². The van der Waals surface area contributed by atoms with Crippen molar-refractivity contribution in [2.75, 3.05) is 13.2 Å². The molecule has 11 nitrogen and oxygen atoms in total. The molecule has 1 aromatic rings. The number of hydrogen-bond acceptors (Lipinski definition) is 11. The van der Waals surface area contributed by atoms with Crippen LogP contribution in [0.4, 0.5) is 0 Å². The van der Waals surface area contributed by atoms with E-state index in [1.54, 1.807) is 6.08 Å².